The number of amides is 2. The van der Waals surface area contributed by atoms with Gasteiger partial charge >= 0.3 is 0 Å². The van der Waals surface area contributed by atoms with Gasteiger partial charge in [-0.2, -0.15) is 0 Å². The van der Waals surface area contributed by atoms with Crippen molar-refractivity contribution >= 4 is 11.8 Å². The number of nitrogens with zero attached hydrogens (tertiary/aromatic N) is 1. The summed E-state index contributed by atoms with van der Waals surface area (Å²) in [4.78, 5) is 26.9. The summed E-state index contributed by atoms with van der Waals surface area (Å²) in [6.07, 6.45) is 0. The van der Waals surface area contributed by atoms with Crippen molar-refractivity contribution in [3.8, 4) is 0 Å². The van der Waals surface area contributed by atoms with Crippen LogP contribution in [0.2, 0.25) is 0 Å². The second-order valence-electron chi connectivity index (χ2n) is 6.69. The van der Waals surface area contributed by atoms with Crippen LogP contribution in [0, 0.1) is 5.82 Å². The molecule has 3 aromatic rings. The molecule has 148 valence electrons. The lowest BCUT2D eigenvalue weighted by Crippen LogP contribution is -2.30. The summed E-state index contributed by atoms with van der Waals surface area (Å²) in [5, 5.41) is 2.79. The molecule has 0 saturated carbocycles. The molecule has 3 rings (SSSR count). The smallest absolute Gasteiger partial charge is 0.254 e. The summed E-state index contributed by atoms with van der Waals surface area (Å²) < 4.78 is 12.9. The normalized spacial score (nSPS) is 10.4. The molecule has 5 heteroatoms. The van der Waals surface area contributed by atoms with E-state index in [9.17, 15) is 14.0 Å². The molecule has 29 heavy (non-hydrogen) atoms. The number of nitrogens with one attached hydrogen (secondary N) is 1. The van der Waals surface area contributed by atoms with E-state index in [1.54, 1.807) is 41.3 Å². The zero-order valence-corrected chi connectivity index (χ0v) is 16.3. The molecule has 0 aromatic heterocycles. The monoisotopic (exact) mass is 390 g/mol. The highest BCUT2D eigenvalue weighted by molar-refractivity contribution is 5.97. The lowest BCUT2D eigenvalue weighted by atomic mass is 10.1. The first kappa shape index (κ1) is 20.3. The standard InChI is InChI=1S/C24H23FN2O2/c1-2-27(17-19-6-4-3-5-7-19)24(29)21-12-10-20(11-13-21)23(28)26-16-18-8-14-22(25)15-9-18/h3-15H,2,16-17H2,1H3,(H,26,28). The summed E-state index contributed by atoms with van der Waals surface area (Å²) in [7, 11) is 0. The van der Waals surface area contributed by atoms with Gasteiger partial charge in [0.15, 0.2) is 0 Å². The number of hydrogen-bond donors (Lipinski definition) is 1. The summed E-state index contributed by atoms with van der Waals surface area (Å²) >= 11 is 0. The lowest BCUT2D eigenvalue weighted by Gasteiger charge is -2.21. The molecule has 0 heterocycles. The van der Waals surface area contributed by atoms with Gasteiger partial charge in [-0.05, 0) is 54.4 Å². The molecule has 0 fully saturated rings. The van der Waals surface area contributed by atoms with Crippen molar-refractivity contribution in [1.29, 1.82) is 0 Å². The Morgan fingerprint density at radius 2 is 1.45 bits per heavy atom. The molecule has 3 aromatic carbocycles. The molecule has 1 N–H and O–H groups in total. The third-order valence-corrected chi connectivity index (χ3v) is 4.65. The second kappa shape index (κ2) is 9.64. The topological polar surface area (TPSA) is 49.4 Å². The summed E-state index contributed by atoms with van der Waals surface area (Å²) in [5.74, 6) is -0.631. The van der Waals surface area contributed by atoms with Crippen LogP contribution >= 0.6 is 0 Å². The van der Waals surface area contributed by atoms with Crippen LogP contribution in [0.15, 0.2) is 78.9 Å². The Balaban J connectivity index is 1.61. The molecule has 0 radical (unpaired) electrons. The largest absolute Gasteiger partial charge is 0.348 e. The molecule has 2 amide bonds. The van der Waals surface area contributed by atoms with E-state index < -0.39 is 0 Å². The van der Waals surface area contributed by atoms with Gasteiger partial charge in [0.25, 0.3) is 11.8 Å². The Morgan fingerprint density at radius 3 is 2.07 bits per heavy atom. The van der Waals surface area contributed by atoms with Gasteiger partial charge in [0.05, 0.1) is 0 Å². The Morgan fingerprint density at radius 1 is 0.828 bits per heavy atom. The molecular weight excluding hydrogens is 367 g/mol. The van der Waals surface area contributed by atoms with Crippen molar-refractivity contribution in [2.24, 2.45) is 0 Å². The van der Waals surface area contributed by atoms with Crippen LogP contribution in [0.3, 0.4) is 0 Å². The van der Waals surface area contributed by atoms with Crippen LogP contribution in [-0.4, -0.2) is 23.3 Å². The van der Waals surface area contributed by atoms with Crippen LogP contribution in [0.4, 0.5) is 4.39 Å². The van der Waals surface area contributed by atoms with Gasteiger partial charge in [-0.1, -0.05) is 42.5 Å². The fourth-order valence-electron chi connectivity index (χ4n) is 2.96. The maximum absolute atomic E-state index is 12.9. The van der Waals surface area contributed by atoms with Gasteiger partial charge in [-0.25, -0.2) is 4.39 Å². The molecule has 0 aliphatic rings. The minimum absolute atomic E-state index is 0.0744. The van der Waals surface area contributed by atoms with E-state index in [4.69, 9.17) is 0 Å². The molecule has 0 bridgehead atoms. The Kier molecular flexibility index (Phi) is 6.74. The van der Waals surface area contributed by atoms with Crippen molar-refractivity contribution < 1.29 is 14.0 Å². The number of carbonyl (C=O) groups is 2. The highest BCUT2D eigenvalue weighted by atomic mass is 19.1. The number of rotatable bonds is 7. The average molecular weight is 390 g/mol. The first-order valence-electron chi connectivity index (χ1n) is 9.52. The van der Waals surface area contributed by atoms with E-state index in [0.29, 0.717) is 30.8 Å². The fourth-order valence-corrected chi connectivity index (χ4v) is 2.96. The Labute approximate surface area is 170 Å². The second-order valence-corrected chi connectivity index (χ2v) is 6.69. The fraction of sp³-hybridized carbons (Fsp3) is 0.167. The van der Waals surface area contributed by atoms with Crippen molar-refractivity contribution in [3.63, 3.8) is 0 Å². The molecule has 0 atom stereocenters. The summed E-state index contributed by atoms with van der Waals surface area (Å²) in [6.45, 7) is 3.38. The zero-order chi connectivity index (χ0) is 20.6. The van der Waals surface area contributed by atoms with Gasteiger partial charge in [-0.15, -0.1) is 0 Å². The molecule has 4 nitrogen and oxygen atoms in total. The molecule has 0 aliphatic heterocycles. The molecular formula is C24H23FN2O2. The van der Waals surface area contributed by atoms with Crippen LogP contribution < -0.4 is 5.32 Å². The van der Waals surface area contributed by atoms with E-state index in [2.05, 4.69) is 5.32 Å². The maximum atomic E-state index is 12.9. The quantitative estimate of drug-likeness (QED) is 0.649. The Hall–Kier alpha value is -3.47. The van der Waals surface area contributed by atoms with Gasteiger partial charge < -0.3 is 10.2 Å². The van der Waals surface area contributed by atoms with E-state index in [1.807, 2.05) is 37.3 Å². The van der Waals surface area contributed by atoms with Crippen molar-refractivity contribution in [1.82, 2.24) is 10.2 Å². The third-order valence-electron chi connectivity index (χ3n) is 4.65. The molecule has 0 saturated heterocycles. The van der Waals surface area contributed by atoms with Gasteiger partial charge in [0, 0.05) is 30.8 Å². The number of halogens is 1. The first-order valence-corrected chi connectivity index (χ1v) is 9.52. The summed E-state index contributed by atoms with van der Waals surface area (Å²) in [6, 6.07) is 22.4. The van der Waals surface area contributed by atoms with Crippen molar-refractivity contribution in [3.05, 3.63) is 107 Å². The summed E-state index contributed by atoms with van der Waals surface area (Å²) in [5.41, 5.74) is 2.89. The first-order chi connectivity index (χ1) is 14.1. The number of hydrogen-bond acceptors (Lipinski definition) is 2. The average Bonchev–Trinajstić information content (AvgIpc) is 2.77. The van der Waals surface area contributed by atoms with E-state index in [1.165, 1.54) is 12.1 Å². The predicted octanol–water partition coefficient (Wildman–Crippen LogP) is 4.42. The van der Waals surface area contributed by atoms with E-state index in [0.717, 1.165) is 11.1 Å². The molecule has 0 unspecified atom stereocenters. The van der Waals surface area contributed by atoms with Gasteiger partial charge in [0.1, 0.15) is 5.82 Å². The number of benzene rings is 3. The van der Waals surface area contributed by atoms with Crippen molar-refractivity contribution in [2.45, 2.75) is 20.0 Å². The predicted molar refractivity (Wildman–Crippen MR) is 111 cm³/mol. The van der Waals surface area contributed by atoms with Crippen molar-refractivity contribution in [2.75, 3.05) is 6.54 Å². The van der Waals surface area contributed by atoms with Crippen LogP contribution in [0.25, 0.3) is 0 Å². The minimum atomic E-state index is -0.311. The Bertz CT molecular complexity index is 954. The van der Waals surface area contributed by atoms with Gasteiger partial charge in [0.2, 0.25) is 0 Å². The lowest BCUT2D eigenvalue weighted by molar-refractivity contribution is 0.0752. The van der Waals surface area contributed by atoms with Crippen LogP contribution in [0.1, 0.15) is 38.8 Å². The van der Waals surface area contributed by atoms with E-state index in [-0.39, 0.29) is 17.6 Å². The minimum Gasteiger partial charge on any atom is -0.348 e. The highest BCUT2D eigenvalue weighted by Crippen LogP contribution is 2.12. The zero-order valence-electron chi connectivity index (χ0n) is 16.3. The maximum Gasteiger partial charge on any atom is 0.254 e. The third kappa shape index (κ3) is 5.51. The highest BCUT2D eigenvalue weighted by Gasteiger charge is 2.15. The molecule has 0 aliphatic carbocycles. The molecule has 0 spiro atoms. The SMILES string of the molecule is CCN(Cc1ccccc1)C(=O)c1ccc(C(=O)NCc2ccc(F)cc2)cc1. The van der Waals surface area contributed by atoms with Crippen LogP contribution in [-0.2, 0) is 13.1 Å². The van der Waals surface area contributed by atoms with Gasteiger partial charge in [-0.3, -0.25) is 9.59 Å². The number of carbonyl (C=O) groups excluding carboxylic acids is 2. The van der Waals surface area contributed by atoms with E-state index >= 15 is 0 Å². The van der Waals surface area contributed by atoms with Crippen LogP contribution in [0.5, 0.6) is 0 Å².